The maximum atomic E-state index is 13.7. The fraction of sp³-hybridized carbons (Fsp3) is 0.533. The van der Waals surface area contributed by atoms with Crippen LogP contribution in [0.15, 0.2) is 48.5 Å². The molecule has 0 bridgehead atoms. The molecule has 0 aliphatic carbocycles. The van der Waals surface area contributed by atoms with Crippen molar-refractivity contribution in [3.8, 4) is 11.5 Å². The van der Waals surface area contributed by atoms with Gasteiger partial charge in [0, 0.05) is 18.7 Å². The van der Waals surface area contributed by atoms with Gasteiger partial charge >= 0.3 is 0 Å². The summed E-state index contributed by atoms with van der Waals surface area (Å²) in [4.78, 5) is 28.8. The first-order valence-corrected chi connectivity index (χ1v) is 13.7. The minimum atomic E-state index is -0.370. The van der Waals surface area contributed by atoms with Gasteiger partial charge in [0.25, 0.3) is 5.91 Å². The van der Waals surface area contributed by atoms with Gasteiger partial charge in [-0.05, 0) is 70.8 Å². The zero-order valence-corrected chi connectivity index (χ0v) is 22.3. The minimum Gasteiger partial charge on any atom is -0.494 e. The number of fused-ring (bicyclic) bond motifs is 1. The number of nitrogens with one attached hydrogen (secondary N) is 2. The molecule has 2 amide bonds. The van der Waals surface area contributed by atoms with E-state index in [0.29, 0.717) is 31.1 Å². The maximum Gasteiger partial charge on any atom is 0.255 e. The van der Waals surface area contributed by atoms with Crippen molar-refractivity contribution in [1.82, 2.24) is 15.5 Å². The number of para-hydroxylation sites is 2. The van der Waals surface area contributed by atoms with Crippen LogP contribution in [-0.2, 0) is 11.3 Å². The fourth-order valence-electron chi connectivity index (χ4n) is 5.38. The highest BCUT2D eigenvalue weighted by atomic mass is 16.5. The molecule has 1 saturated heterocycles. The lowest BCUT2D eigenvalue weighted by atomic mass is 9.73. The van der Waals surface area contributed by atoms with E-state index in [-0.39, 0.29) is 23.3 Å². The van der Waals surface area contributed by atoms with E-state index in [9.17, 15) is 9.59 Å². The summed E-state index contributed by atoms with van der Waals surface area (Å²) in [6.45, 7) is 8.14. The number of benzene rings is 2. The Bertz CT molecular complexity index is 1050. The van der Waals surface area contributed by atoms with Crippen LogP contribution < -0.4 is 20.1 Å². The summed E-state index contributed by atoms with van der Waals surface area (Å²) in [5.74, 6) is 1.51. The SMILES string of the molecule is CCOc1ccccc1CN1CCC2(CCCCCNC(=O)c3ccccc3OC[C@H](C)NC2=O)CC1. The Balaban J connectivity index is 1.42. The van der Waals surface area contributed by atoms with Crippen LogP contribution in [0.5, 0.6) is 11.5 Å². The number of carbonyl (C=O) groups excluding carboxylic acids is 2. The Labute approximate surface area is 220 Å². The zero-order valence-electron chi connectivity index (χ0n) is 22.3. The second-order valence-electron chi connectivity index (χ2n) is 10.3. The smallest absolute Gasteiger partial charge is 0.255 e. The maximum absolute atomic E-state index is 13.7. The second-order valence-corrected chi connectivity index (χ2v) is 10.3. The lowest BCUT2D eigenvalue weighted by molar-refractivity contribution is -0.135. The molecule has 1 atom stereocenters. The Hall–Kier alpha value is -3.06. The number of carbonyl (C=O) groups is 2. The van der Waals surface area contributed by atoms with E-state index in [1.165, 1.54) is 5.56 Å². The zero-order chi connectivity index (χ0) is 26.1. The normalized spacial score (nSPS) is 21.5. The molecule has 7 nitrogen and oxygen atoms in total. The van der Waals surface area contributed by atoms with E-state index >= 15 is 0 Å². The van der Waals surface area contributed by atoms with Gasteiger partial charge in [-0.3, -0.25) is 14.5 Å². The minimum absolute atomic E-state index is 0.114. The van der Waals surface area contributed by atoms with Gasteiger partial charge in [0.1, 0.15) is 18.1 Å². The van der Waals surface area contributed by atoms with Gasteiger partial charge in [0.05, 0.1) is 23.6 Å². The molecule has 0 saturated carbocycles. The molecule has 1 spiro atoms. The topological polar surface area (TPSA) is 79.9 Å². The number of likely N-dealkylation sites (tertiary alicyclic amines) is 1. The van der Waals surface area contributed by atoms with Crippen molar-refractivity contribution < 1.29 is 19.1 Å². The molecule has 200 valence electrons. The van der Waals surface area contributed by atoms with Crippen molar-refractivity contribution in [2.45, 2.75) is 65.0 Å². The van der Waals surface area contributed by atoms with Gasteiger partial charge < -0.3 is 20.1 Å². The molecular weight excluding hydrogens is 466 g/mol. The molecule has 0 unspecified atom stereocenters. The molecule has 2 heterocycles. The first-order valence-electron chi connectivity index (χ1n) is 13.7. The van der Waals surface area contributed by atoms with E-state index in [1.807, 2.05) is 44.2 Å². The van der Waals surface area contributed by atoms with E-state index < -0.39 is 0 Å². The van der Waals surface area contributed by atoms with Crippen LogP contribution in [0.3, 0.4) is 0 Å². The standard InChI is InChI=1S/C30H41N3O4/c1-3-36-26-13-7-5-11-24(26)21-33-19-16-30(17-20-33)15-9-4-10-18-31-28(34)25-12-6-8-14-27(25)37-22-23(2)32-29(30)35/h5-8,11-14,23H,3-4,9-10,15-22H2,1-2H3,(H,31,34)(H,32,35)/t23-/m0/s1. The van der Waals surface area contributed by atoms with Crippen LogP contribution in [0.1, 0.15) is 68.3 Å². The number of nitrogens with zero attached hydrogens (tertiary/aromatic N) is 1. The highest BCUT2D eigenvalue weighted by Gasteiger charge is 2.41. The molecule has 2 aromatic rings. The predicted molar refractivity (Wildman–Crippen MR) is 145 cm³/mol. The number of rotatable bonds is 4. The second kappa shape index (κ2) is 13.0. The summed E-state index contributed by atoms with van der Waals surface area (Å²) in [7, 11) is 0. The third-order valence-electron chi connectivity index (χ3n) is 7.58. The molecule has 1 fully saturated rings. The number of ether oxygens (including phenoxy) is 2. The van der Waals surface area contributed by atoms with Gasteiger partial charge in [0.2, 0.25) is 5.91 Å². The highest BCUT2D eigenvalue weighted by Crippen LogP contribution is 2.38. The van der Waals surface area contributed by atoms with E-state index in [4.69, 9.17) is 9.47 Å². The molecular formula is C30H41N3O4. The predicted octanol–water partition coefficient (Wildman–Crippen LogP) is 4.56. The van der Waals surface area contributed by atoms with E-state index in [1.54, 1.807) is 6.07 Å². The summed E-state index contributed by atoms with van der Waals surface area (Å²) in [5.41, 5.74) is 1.36. The van der Waals surface area contributed by atoms with Gasteiger partial charge in [0.15, 0.2) is 0 Å². The first-order chi connectivity index (χ1) is 18.0. The fourth-order valence-corrected chi connectivity index (χ4v) is 5.38. The number of piperidine rings is 1. The monoisotopic (exact) mass is 507 g/mol. The largest absolute Gasteiger partial charge is 0.494 e. The molecule has 2 aliphatic heterocycles. The third kappa shape index (κ3) is 7.04. The Morgan fingerprint density at radius 1 is 1.00 bits per heavy atom. The molecule has 2 aromatic carbocycles. The summed E-state index contributed by atoms with van der Waals surface area (Å²) >= 11 is 0. The van der Waals surface area contributed by atoms with Crippen LogP contribution in [0.25, 0.3) is 0 Å². The average molecular weight is 508 g/mol. The Morgan fingerprint density at radius 2 is 1.76 bits per heavy atom. The van der Waals surface area contributed by atoms with Crippen molar-refractivity contribution in [3.05, 3.63) is 59.7 Å². The number of hydrogen-bond donors (Lipinski definition) is 2. The highest BCUT2D eigenvalue weighted by molar-refractivity contribution is 5.96. The van der Waals surface area contributed by atoms with E-state index in [2.05, 4.69) is 27.7 Å². The molecule has 0 radical (unpaired) electrons. The van der Waals surface area contributed by atoms with Crippen molar-refractivity contribution in [1.29, 1.82) is 0 Å². The summed E-state index contributed by atoms with van der Waals surface area (Å²) in [6, 6.07) is 15.3. The summed E-state index contributed by atoms with van der Waals surface area (Å²) in [6.07, 6.45) is 5.38. The Kier molecular flexibility index (Phi) is 9.45. The number of amides is 2. The molecule has 4 rings (SSSR count). The van der Waals surface area contributed by atoms with Gasteiger partial charge in [-0.1, -0.05) is 43.2 Å². The van der Waals surface area contributed by atoms with Gasteiger partial charge in [-0.25, -0.2) is 0 Å². The van der Waals surface area contributed by atoms with Gasteiger partial charge in [-0.2, -0.15) is 0 Å². The molecule has 2 aliphatic rings. The summed E-state index contributed by atoms with van der Waals surface area (Å²) in [5, 5.41) is 6.26. The van der Waals surface area contributed by atoms with Crippen LogP contribution in [0, 0.1) is 5.41 Å². The van der Waals surface area contributed by atoms with Crippen molar-refractivity contribution >= 4 is 11.8 Å². The summed E-state index contributed by atoms with van der Waals surface area (Å²) < 4.78 is 11.8. The molecule has 2 N–H and O–H groups in total. The lowest BCUT2D eigenvalue weighted by Crippen LogP contribution is -2.51. The Morgan fingerprint density at radius 3 is 2.57 bits per heavy atom. The van der Waals surface area contributed by atoms with Crippen molar-refractivity contribution in [2.75, 3.05) is 32.8 Å². The van der Waals surface area contributed by atoms with Crippen LogP contribution >= 0.6 is 0 Å². The lowest BCUT2D eigenvalue weighted by Gasteiger charge is -2.41. The van der Waals surface area contributed by atoms with Crippen LogP contribution in [0.4, 0.5) is 0 Å². The van der Waals surface area contributed by atoms with Crippen LogP contribution in [0.2, 0.25) is 0 Å². The first kappa shape index (κ1) is 27.0. The molecule has 0 aromatic heterocycles. The average Bonchev–Trinajstić information content (AvgIpc) is 2.91. The van der Waals surface area contributed by atoms with Crippen molar-refractivity contribution in [3.63, 3.8) is 0 Å². The van der Waals surface area contributed by atoms with Crippen molar-refractivity contribution in [2.24, 2.45) is 5.41 Å². The van der Waals surface area contributed by atoms with Gasteiger partial charge in [-0.15, -0.1) is 0 Å². The number of hydrogen-bond acceptors (Lipinski definition) is 5. The van der Waals surface area contributed by atoms with Crippen LogP contribution in [-0.4, -0.2) is 55.6 Å². The van der Waals surface area contributed by atoms with E-state index in [0.717, 1.165) is 63.9 Å². The molecule has 37 heavy (non-hydrogen) atoms. The third-order valence-corrected chi connectivity index (χ3v) is 7.58. The molecule has 7 heteroatoms. The quantitative estimate of drug-likeness (QED) is 0.635.